The zero-order chi connectivity index (χ0) is 17.6. The standard InChI is InChI=1S/C17H15N5O2S/c1-9-16(25-21-18-9)15-11(17(23)20-19-15)7-10-8-22(2)12-5-4-6-13(24-3)14(10)12/h4-8H,1-3H3,(H,20,23)/b11-7+. The first-order valence-electron chi connectivity index (χ1n) is 7.61. The number of hydrazone groups is 1. The zero-order valence-corrected chi connectivity index (χ0v) is 14.7. The van der Waals surface area contributed by atoms with E-state index in [2.05, 4.69) is 20.1 Å². The Bertz CT molecular complexity index is 1060. The highest BCUT2D eigenvalue weighted by molar-refractivity contribution is 7.08. The molecule has 0 unspecified atom stereocenters. The normalized spacial score (nSPS) is 15.7. The Hall–Kier alpha value is -3.00. The van der Waals surface area contributed by atoms with E-state index in [-0.39, 0.29) is 5.91 Å². The summed E-state index contributed by atoms with van der Waals surface area (Å²) in [7, 11) is 3.60. The lowest BCUT2D eigenvalue weighted by Gasteiger charge is -2.04. The van der Waals surface area contributed by atoms with E-state index in [4.69, 9.17) is 4.74 Å². The number of benzene rings is 1. The summed E-state index contributed by atoms with van der Waals surface area (Å²) in [6, 6.07) is 5.87. The molecule has 7 nitrogen and oxygen atoms in total. The van der Waals surface area contributed by atoms with E-state index >= 15 is 0 Å². The summed E-state index contributed by atoms with van der Waals surface area (Å²) < 4.78 is 11.4. The van der Waals surface area contributed by atoms with Gasteiger partial charge in [0, 0.05) is 24.2 Å². The van der Waals surface area contributed by atoms with Crippen molar-refractivity contribution in [2.24, 2.45) is 12.1 Å². The molecule has 126 valence electrons. The first kappa shape index (κ1) is 15.5. The Kier molecular flexibility index (Phi) is 3.61. The van der Waals surface area contributed by atoms with Gasteiger partial charge in [0.1, 0.15) is 11.5 Å². The fraction of sp³-hybridized carbons (Fsp3) is 0.176. The van der Waals surface area contributed by atoms with Gasteiger partial charge < -0.3 is 9.30 Å². The molecule has 1 N–H and O–H groups in total. The van der Waals surface area contributed by atoms with Crippen LogP contribution in [0.2, 0.25) is 0 Å². The van der Waals surface area contributed by atoms with E-state index < -0.39 is 0 Å². The zero-order valence-electron chi connectivity index (χ0n) is 13.9. The van der Waals surface area contributed by atoms with Crippen molar-refractivity contribution in [3.05, 3.63) is 46.1 Å². The minimum atomic E-state index is -0.241. The van der Waals surface area contributed by atoms with E-state index in [1.165, 1.54) is 11.5 Å². The third kappa shape index (κ3) is 2.42. The lowest BCUT2D eigenvalue weighted by molar-refractivity contribution is -0.116. The molecular formula is C17H15N5O2S. The number of nitrogens with zero attached hydrogens (tertiary/aromatic N) is 4. The fourth-order valence-corrected chi connectivity index (χ4v) is 3.63. The average Bonchev–Trinajstić information content (AvgIpc) is 3.27. The maximum Gasteiger partial charge on any atom is 0.273 e. The predicted octanol–water partition coefficient (Wildman–Crippen LogP) is 2.26. The van der Waals surface area contributed by atoms with Gasteiger partial charge in [-0.15, -0.1) is 5.10 Å². The maximum atomic E-state index is 12.3. The van der Waals surface area contributed by atoms with Crippen LogP contribution in [0.5, 0.6) is 5.75 Å². The molecule has 1 aromatic carbocycles. The van der Waals surface area contributed by atoms with Crippen molar-refractivity contribution in [2.75, 3.05) is 7.11 Å². The van der Waals surface area contributed by atoms with Crippen LogP contribution in [0, 0.1) is 6.92 Å². The molecule has 0 radical (unpaired) electrons. The Morgan fingerprint density at radius 1 is 1.36 bits per heavy atom. The fourth-order valence-electron chi connectivity index (χ4n) is 2.97. The number of amides is 1. The van der Waals surface area contributed by atoms with Crippen LogP contribution >= 0.6 is 11.5 Å². The van der Waals surface area contributed by atoms with E-state index in [0.29, 0.717) is 11.3 Å². The van der Waals surface area contributed by atoms with E-state index in [9.17, 15) is 4.79 Å². The highest BCUT2D eigenvalue weighted by atomic mass is 32.1. The smallest absolute Gasteiger partial charge is 0.273 e. The van der Waals surface area contributed by atoms with Gasteiger partial charge in [0.15, 0.2) is 0 Å². The van der Waals surface area contributed by atoms with Gasteiger partial charge in [-0.25, -0.2) is 5.43 Å². The number of ether oxygens (including phenoxy) is 1. The second-order valence-electron chi connectivity index (χ2n) is 5.70. The molecule has 0 aliphatic carbocycles. The van der Waals surface area contributed by atoms with Gasteiger partial charge in [-0.05, 0) is 36.7 Å². The van der Waals surface area contributed by atoms with Gasteiger partial charge in [-0.2, -0.15) is 5.10 Å². The van der Waals surface area contributed by atoms with Crippen molar-refractivity contribution in [2.45, 2.75) is 6.92 Å². The highest BCUT2D eigenvalue weighted by Crippen LogP contribution is 2.32. The summed E-state index contributed by atoms with van der Waals surface area (Å²) in [5, 5.41) is 9.13. The van der Waals surface area contributed by atoms with Gasteiger partial charge in [0.25, 0.3) is 5.91 Å². The van der Waals surface area contributed by atoms with E-state index in [1.54, 1.807) is 7.11 Å². The lowest BCUT2D eigenvalue weighted by Crippen LogP contribution is -2.13. The summed E-state index contributed by atoms with van der Waals surface area (Å²) >= 11 is 1.22. The molecule has 0 saturated heterocycles. The number of hydrogen-bond acceptors (Lipinski definition) is 6. The van der Waals surface area contributed by atoms with Crippen LogP contribution in [0.25, 0.3) is 17.0 Å². The number of aryl methyl sites for hydroxylation is 2. The summed E-state index contributed by atoms with van der Waals surface area (Å²) in [4.78, 5) is 13.1. The molecule has 3 heterocycles. The number of carbonyl (C=O) groups excluding carboxylic acids is 1. The molecule has 0 bridgehead atoms. The van der Waals surface area contributed by atoms with Crippen LogP contribution in [-0.2, 0) is 11.8 Å². The van der Waals surface area contributed by atoms with Crippen LogP contribution in [0.1, 0.15) is 16.1 Å². The van der Waals surface area contributed by atoms with Gasteiger partial charge in [0.05, 0.1) is 28.8 Å². The molecule has 0 spiro atoms. The quantitative estimate of drug-likeness (QED) is 0.733. The highest BCUT2D eigenvalue weighted by Gasteiger charge is 2.27. The molecular weight excluding hydrogens is 338 g/mol. The Balaban J connectivity index is 1.91. The topological polar surface area (TPSA) is 81.4 Å². The van der Waals surface area contributed by atoms with E-state index in [0.717, 1.165) is 32.8 Å². The molecule has 3 aromatic rings. The molecule has 0 fully saturated rings. The third-order valence-electron chi connectivity index (χ3n) is 4.16. The number of carbonyl (C=O) groups is 1. The Morgan fingerprint density at radius 2 is 2.20 bits per heavy atom. The molecule has 1 aliphatic heterocycles. The molecule has 1 aliphatic rings. The Morgan fingerprint density at radius 3 is 2.92 bits per heavy atom. The third-order valence-corrected chi connectivity index (χ3v) is 5.00. The minimum Gasteiger partial charge on any atom is -0.496 e. The summed E-state index contributed by atoms with van der Waals surface area (Å²) in [5.41, 5.74) is 6.27. The van der Waals surface area contributed by atoms with Gasteiger partial charge in [-0.1, -0.05) is 10.6 Å². The molecule has 0 atom stereocenters. The monoisotopic (exact) mass is 353 g/mol. The molecule has 25 heavy (non-hydrogen) atoms. The number of nitrogens with one attached hydrogen (secondary N) is 1. The van der Waals surface area contributed by atoms with Crippen molar-refractivity contribution >= 4 is 40.1 Å². The summed E-state index contributed by atoms with van der Waals surface area (Å²) in [6.07, 6.45) is 3.81. The van der Waals surface area contributed by atoms with Crippen LogP contribution in [0.4, 0.5) is 0 Å². The van der Waals surface area contributed by atoms with Crippen molar-refractivity contribution < 1.29 is 9.53 Å². The predicted molar refractivity (Wildman–Crippen MR) is 96.8 cm³/mol. The van der Waals surface area contributed by atoms with Crippen LogP contribution < -0.4 is 10.2 Å². The average molecular weight is 353 g/mol. The SMILES string of the molecule is COc1cccc2c1c(/C=C1/C(=O)NN=C1c1snnc1C)cn2C. The van der Waals surface area contributed by atoms with Crippen LogP contribution in [0.3, 0.4) is 0 Å². The summed E-state index contributed by atoms with van der Waals surface area (Å²) in [5.74, 6) is 0.521. The minimum absolute atomic E-state index is 0.241. The number of hydrogen-bond donors (Lipinski definition) is 1. The van der Waals surface area contributed by atoms with Crippen molar-refractivity contribution in [3.8, 4) is 5.75 Å². The number of rotatable bonds is 3. The second-order valence-corrected chi connectivity index (χ2v) is 6.45. The van der Waals surface area contributed by atoms with Gasteiger partial charge in [0.2, 0.25) is 0 Å². The number of fused-ring (bicyclic) bond motifs is 1. The second kappa shape index (κ2) is 5.82. The van der Waals surface area contributed by atoms with Crippen molar-refractivity contribution in [3.63, 3.8) is 0 Å². The molecule has 0 saturated carbocycles. The van der Waals surface area contributed by atoms with Crippen molar-refractivity contribution in [1.82, 2.24) is 19.6 Å². The molecule has 8 heteroatoms. The largest absolute Gasteiger partial charge is 0.496 e. The molecule has 1 amide bonds. The lowest BCUT2D eigenvalue weighted by atomic mass is 10.0. The maximum absolute atomic E-state index is 12.3. The van der Waals surface area contributed by atoms with Crippen LogP contribution in [-0.4, -0.2) is 32.9 Å². The number of aromatic nitrogens is 3. The first-order chi connectivity index (χ1) is 12.1. The van der Waals surface area contributed by atoms with E-state index in [1.807, 2.05) is 49.0 Å². The van der Waals surface area contributed by atoms with Gasteiger partial charge in [-0.3, -0.25) is 4.79 Å². The molecule has 2 aromatic heterocycles. The van der Waals surface area contributed by atoms with Crippen LogP contribution in [0.15, 0.2) is 35.1 Å². The summed E-state index contributed by atoms with van der Waals surface area (Å²) in [6.45, 7) is 1.85. The first-order valence-corrected chi connectivity index (χ1v) is 8.39. The number of methoxy groups -OCH3 is 1. The van der Waals surface area contributed by atoms with Crippen molar-refractivity contribution in [1.29, 1.82) is 0 Å². The van der Waals surface area contributed by atoms with Gasteiger partial charge >= 0.3 is 0 Å². The Labute approximate surface area is 147 Å². The molecule has 4 rings (SSSR count).